The van der Waals surface area contributed by atoms with Crippen LogP contribution in [0.1, 0.15) is 11.1 Å². The van der Waals surface area contributed by atoms with E-state index in [0.717, 1.165) is 22.4 Å². The highest BCUT2D eigenvalue weighted by Gasteiger charge is 2.22. The van der Waals surface area contributed by atoms with Crippen molar-refractivity contribution in [2.45, 2.75) is 13.1 Å². The van der Waals surface area contributed by atoms with Gasteiger partial charge < -0.3 is 20.9 Å². The third-order valence-corrected chi connectivity index (χ3v) is 4.02. The molecule has 1 aliphatic heterocycles. The van der Waals surface area contributed by atoms with Crippen LogP contribution in [0.4, 0.5) is 5.69 Å². The molecule has 2 aromatic carbocycles. The smallest absolute Gasteiger partial charge is 0.179 e. The van der Waals surface area contributed by atoms with Gasteiger partial charge in [-0.25, -0.2) is 0 Å². The average molecular weight is 317 g/mol. The molecule has 1 heterocycles. The third kappa shape index (κ3) is 3.08. The fourth-order valence-electron chi connectivity index (χ4n) is 2.97. The lowest BCUT2D eigenvalue weighted by Crippen LogP contribution is -2.07. The molecule has 0 saturated heterocycles. The SMILES string of the molecule is CN/C=C(\C=N)Nc1cc2c(c(-c3ccccc3)c1)CN(C#N)C2. The van der Waals surface area contributed by atoms with E-state index in [0.29, 0.717) is 18.8 Å². The number of allylic oxidation sites excluding steroid dienone is 1. The number of rotatable bonds is 5. The topological polar surface area (TPSA) is 74.9 Å². The van der Waals surface area contributed by atoms with E-state index in [1.165, 1.54) is 11.8 Å². The third-order valence-electron chi connectivity index (χ3n) is 4.02. The van der Waals surface area contributed by atoms with E-state index in [9.17, 15) is 5.26 Å². The molecule has 120 valence electrons. The van der Waals surface area contributed by atoms with E-state index in [-0.39, 0.29) is 0 Å². The largest absolute Gasteiger partial charge is 0.392 e. The minimum atomic E-state index is 0.622. The van der Waals surface area contributed by atoms with Gasteiger partial charge in [0.1, 0.15) is 0 Å². The lowest BCUT2D eigenvalue weighted by molar-refractivity contribution is 0.417. The second kappa shape index (κ2) is 6.88. The van der Waals surface area contributed by atoms with Crippen LogP contribution in [0.15, 0.2) is 54.4 Å². The summed E-state index contributed by atoms with van der Waals surface area (Å²) >= 11 is 0. The number of benzene rings is 2. The maximum absolute atomic E-state index is 9.24. The first-order valence-electron chi connectivity index (χ1n) is 7.76. The molecule has 5 nitrogen and oxygen atoms in total. The number of nitrogens with zero attached hydrogens (tertiary/aromatic N) is 2. The van der Waals surface area contributed by atoms with Crippen LogP contribution in [0, 0.1) is 16.9 Å². The summed E-state index contributed by atoms with van der Waals surface area (Å²) in [6.45, 7) is 1.26. The van der Waals surface area contributed by atoms with Crippen LogP contribution in [-0.4, -0.2) is 18.2 Å². The van der Waals surface area contributed by atoms with Crippen molar-refractivity contribution < 1.29 is 0 Å². The zero-order chi connectivity index (χ0) is 16.9. The van der Waals surface area contributed by atoms with Crippen LogP contribution in [0.5, 0.6) is 0 Å². The fraction of sp³-hybridized carbons (Fsp3) is 0.158. The predicted octanol–water partition coefficient (Wildman–Crippen LogP) is 3.27. The van der Waals surface area contributed by atoms with Gasteiger partial charge in [-0.1, -0.05) is 30.3 Å². The van der Waals surface area contributed by atoms with Crippen molar-refractivity contribution >= 4 is 11.9 Å². The molecule has 24 heavy (non-hydrogen) atoms. The molecule has 0 unspecified atom stereocenters. The minimum Gasteiger partial charge on any atom is -0.392 e. The first-order valence-corrected chi connectivity index (χ1v) is 7.76. The van der Waals surface area contributed by atoms with E-state index in [4.69, 9.17) is 5.41 Å². The van der Waals surface area contributed by atoms with E-state index in [2.05, 4.69) is 41.1 Å². The molecule has 3 rings (SSSR count). The molecule has 5 heteroatoms. The second-order valence-corrected chi connectivity index (χ2v) is 5.64. The summed E-state index contributed by atoms with van der Waals surface area (Å²) in [6.07, 6.45) is 5.25. The Morgan fingerprint density at radius 3 is 2.71 bits per heavy atom. The molecule has 0 radical (unpaired) electrons. The van der Waals surface area contributed by atoms with Crippen LogP contribution in [0.2, 0.25) is 0 Å². The summed E-state index contributed by atoms with van der Waals surface area (Å²) in [6, 6.07) is 14.3. The molecule has 0 saturated carbocycles. The van der Waals surface area contributed by atoms with Crippen molar-refractivity contribution in [3.05, 3.63) is 65.5 Å². The Bertz CT molecular complexity index is 818. The van der Waals surface area contributed by atoms with Crippen molar-refractivity contribution in [2.24, 2.45) is 0 Å². The summed E-state index contributed by atoms with van der Waals surface area (Å²) in [5.41, 5.74) is 6.19. The first kappa shape index (κ1) is 15.6. The molecule has 0 bridgehead atoms. The molecular weight excluding hydrogens is 298 g/mol. The highest BCUT2D eigenvalue weighted by molar-refractivity contribution is 5.82. The number of nitrogens with one attached hydrogen (secondary N) is 3. The number of hydrogen-bond acceptors (Lipinski definition) is 5. The Hall–Kier alpha value is -3.26. The van der Waals surface area contributed by atoms with Gasteiger partial charge in [-0.2, -0.15) is 5.26 Å². The van der Waals surface area contributed by atoms with Gasteiger partial charge in [0.05, 0.1) is 18.8 Å². The van der Waals surface area contributed by atoms with E-state index >= 15 is 0 Å². The van der Waals surface area contributed by atoms with Crippen molar-refractivity contribution in [3.63, 3.8) is 0 Å². The highest BCUT2D eigenvalue weighted by atomic mass is 15.1. The maximum atomic E-state index is 9.24. The van der Waals surface area contributed by atoms with Crippen LogP contribution in [0.25, 0.3) is 11.1 Å². The van der Waals surface area contributed by atoms with Crippen LogP contribution >= 0.6 is 0 Å². The second-order valence-electron chi connectivity index (χ2n) is 5.64. The van der Waals surface area contributed by atoms with Gasteiger partial charge in [0.25, 0.3) is 0 Å². The molecule has 0 fully saturated rings. The van der Waals surface area contributed by atoms with E-state index < -0.39 is 0 Å². The summed E-state index contributed by atoms with van der Waals surface area (Å²) in [5, 5.41) is 22.9. The average Bonchev–Trinajstić information content (AvgIpc) is 3.04. The van der Waals surface area contributed by atoms with Crippen LogP contribution in [0.3, 0.4) is 0 Å². The van der Waals surface area contributed by atoms with E-state index in [1.807, 2.05) is 18.2 Å². The van der Waals surface area contributed by atoms with Gasteiger partial charge in [-0.05, 0) is 34.4 Å². The van der Waals surface area contributed by atoms with Crippen molar-refractivity contribution in [3.8, 4) is 17.3 Å². The number of nitriles is 1. The predicted molar refractivity (Wildman–Crippen MR) is 96.3 cm³/mol. The summed E-state index contributed by atoms with van der Waals surface area (Å²) < 4.78 is 0. The normalized spacial score (nSPS) is 13.2. The van der Waals surface area contributed by atoms with Crippen LogP contribution in [-0.2, 0) is 13.1 Å². The van der Waals surface area contributed by atoms with Crippen molar-refractivity contribution in [1.29, 1.82) is 10.7 Å². The monoisotopic (exact) mass is 317 g/mol. The molecule has 0 aliphatic carbocycles. The lowest BCUT2D eigenvalue weighted by Gasteiger charge is -2.13. The standard InChI is InChI=1S/C19H19N5/c1-22-10-17(9-20)23-16-7-15-11-24(13-21)12-19(15)18(8-16)14-5-3-2-4-6-14/h2-10,20,22-23H,11-12H2,1H3/b17-10+,20-9?. The summed E-state index contributed by atoms with van der Waals surface area (Å²) in [4.78, 5) is 1.75. The highest BCUT2D eigenvalue weighted by Crippen LogP contribution is 2.35. The Balaban J connectivity index is 2.06. The number of fused-ring (bicyclic) bond motifs is 1. The zero-order valence-electron chi connectivity index (χ0n) is 13.5. The number of anilines is 1. The van der Waals surface area contributed by atoms with Crippen molar-refractivity contribution in [1.82, 2.24) is 10.2 Å². The fourth-order valence-corrected chi connectivity index (χ4v) is 2.97. The van der Waals surface area contributed by atoms with E-state index in [1.54, 1.807) is 18.1 Å². The molecular formula is C19H19N5. The molecule has 2 aromatic rings. The summed E-state index contributed by atoms with van der Waals surface area (Å²) in [7, 11) is 1.80. The molecule has 3 N–H and O–H groups in total. The molecule has 0 spiro atoms. The van der Waals surface area contributed by atoms with Gasteiger partial charge in [-0.3, -0.25) is 0 Å². The maximum Gasteiger partial charge on any atom is 0.179 e. The van der Waals surface area contributed by atoms with Gasteiger partial charge in [0.15, 0.2) is 6.19 Å². The Kier molecular flexibility index (Phi) is 4.48. The lowest BCUT2D eigenvalue weighted by atomic mass is 9.96. The van der Waals surface area contributed by atoms with Crippen LogP contribution < -0.4 is 10.6 Å². The molecule has 0 aromatic heterocycles. The molecule has 0 amide bonds. The minimum absolute atomic E-state index is 0.622. The van der Waals surface area contributed by atoms with Gasteiger partial charge in [-0.15, -0.1) is 0 Å². The van der Waals surface area contributed by atoms with Gasteiger partial charge >= 0.3 is 0 Å². The van der Waals surface area contributed by atoms with Crippen molar-refractivity contribution in [2.75, 3.05) is 12.4 Å². The molecule has 1 aliphatic rings. The molecule has 0 atom stereocenters. The Morgan fingerprint density at radius 1 is 1.25 bits per heavy atom. The van der Waals surface area contributed by atoms with Gasteiger partial charge in [0, 0.05) is 25.1 Å². The number of hydrogen-bond donors (Lipinski definition) is 3. The first-order chi connectivity index (χ1) is 11.7. The Morgan fingerprint density at radius 2 is 2.04 bits per heavy atom. The quantitative estimate of drug-likeness (QED) is 0.584. The van der Waals surface area contributed by atoms with Gasteiger partial charge in [0.2, 0.25) is 0 Å². The summed E-state index contributed by atoms with van der Waals surface area (Å²) in [5.74, 6) is 0. The zero-order valence-corrected chi connectivity index (χ0v) is 13.5. The Labute approximate surface area is 141 Å².